The van der Waals surface area contributed by atoms with Gasteiger partial charge in [0.1, 0.15) is 11.2 Å². The standard InChI is InChI=1S/C13H14N2O4S/c16-13(5-10-3-1-2-4-11(10)6-13)9-15-20(17,18)12-7-14-19-8-12/h1-4,7-8,15-16H,5-6,9H2. The van der Waals surface area contributed by atoms with Crippen molar-refractivity contribution < 1.29 is 18.0 Å². The second-order valence-corrected chi connectivity index (χ2v) is 6.80. The molecule has 2 aromatic rings. The fraction of sp³-hybridized carbons (Fsp3) is 0.308. The molecule has 0 aliphatic heterocycles. The molecule has 0 radical (unpaired) electrons. The Hall–Kier alpha value is -1.70. The molecule has 2 N–H and O–H groups in total. The molecule has 6 nitrogen and oxygen atoms in total. The molecule has 0 amide bonds. The van der Waals surface area contributed by atoms with Gasteiger partial charge in [0.05, 0.1) is 11.8 Å². The SMILES string of the molecule is O=S(=O)(NCC1(O)Cc2ccccc2C1)c1cnoc1. The summed E-state index contributed by atoms with van der Waals surface area (Å²) in [5, 5.41) is 13.9. The van der Waals surface area contributed by atoms with Crippen molar-refractivity contribution in [3.63, 3.8) is 0 Å². The summed E-state index contributed by atoms with van der Waals surface area (Å²) in [4.78, 5) is -0.0448. The van der Waals surface area contributed by atoms with E-state index in [0.29, 0.717) is 12.8 Å². The largest absolute Gasteiger partial charge is 0.388 e. The molecule has 0 atom stereocenters. The Labute approximate surface area is 116 Å². The molecule has 0 saturated carbocycles. The number of nitrogens with one attached hydrogen (secondary N) is 1. The maximum Gasteiger partial charge on any atom is 0.245 e. The third-order valence-electron chi connectivity index (χ3n) is 3.47. The van der Waals surface area contributed by atoms with E-state index >= 15 is 0 Å². The Morgan fingerprint density at radius 1 is 1.30 bits per heavy atom. The minimum atomic E-state index is -3.70. The summed E-state index contributed by atoms with van der Waals surface area (Å²) in [6, 6.07) is 7.71. The molecule has 1 aromatic carbocycles. The van der Waals surface area contributed by atoms with Gasteiger partial charge in [0, 0.05) is 19.4 Å². The summed E-state index contributed by atoms with van der Waals surface area (Å²) in [5.41, 5.74) is 1.02. The van der Waals surface area contributed by atoms with Gasteiger partial charge in [-0.15, -0.1) is 0 Å². The molecule has 0 unspecified atom stereocenters. The minimum Gasteiger partial charge on any atom is -0.388 e. The summed E-state index contributed by atoms with van der Waals surface area (Å²) in [6.07, 6.45) is 3.05. The lowest BCUT2D eigenvalue weighted by Crippen LogP contribution is -2.43. The Kier molecular flexibility index (Phi) is 3.12. The second kappa shape index (κ2) is 4.69. The van der Waals surface area contributed by atoms with Gasteiger partial charge < -0.3 is 9.63 Å². The number of benzene rings is 1. The topological polar surface area (TPSA) is 92.4 Å². The van der Waals surface area contributed by atoms with Crippen molar-refractivity contribution in [1.29, 1.82) is 0 Å². The molecule has 0 bridgehead atoms. The average molecular weight is 294 g/mol. The van der Waals surface area contributed by atoms with Crippen molar-refractivity contribution >= 4 is 10.0 Å². The first-order chi connectivity index (χ1) is 9.49. The Balaban J connectivity index is 1.71. The van der Waals surface area contributed by atoms with Gasteiger partial charge in [-0.2, -0.15) is 0 Å². The molecular formula is C13H14N2O4S. The van der Waals surface area contributed by atoms with Crippen molar-refractivity contribution in [3.05, 3.63) is 47.9 Å². The van der Waals surface area contributed by atoms with Gasteiger partial charge in [0.25, 0.3) is 0 Å². The third-order valence-corrected chi connectivity index (χ3v) is 4.82. The van der Waals surface area contributed by atoms with Crippen LogP contribution in [0.3, 0.4) is 0 Å². The van der Waals surface area contributed by atoms with Crippen LogP contribution in [-0.4, -0.2) is 30.8 Å². The van der Waals surface area contributed by atoms with E-state index < -0.39 is 15.6 Å². The summed E-state index contributed by atoms with van der Waals surface area (Å²) in [6.45, 7) is -0.0464. The highest BCUT2D eigenvalue weighted by molar-refractivity contribution is 7.89. The van der Waals surface area contributed by atoms with Crippen LogP contribution in [0, 0.1) is 0 Å². The molecule has 1 aliphatic carbocycles. The maximum atomic E-state index is 11.9. The zero-order valence-electron chi connectivity index (χ0n) is 10.6. The number of sulfonamides is 1. The molecule has 1 aromatic heterocycles. The third kappa shape index (κ3) is 2.47. The quantitative estimate of drug-likeness (QED) is 0.856. The van der Waals surface area contributed by atoms with Crippen LogP contribution in [0.4, 0.5) is 0 Å². The zero-order valence-corrected chi connectivity index (χ0v) is 11.4. The predicted molar refractivity (Wildman–Crippen MR) is 70.5 cm³/mol. The molecule has 0 saturated heterocycles. The number of aromatic nitrogens is 1. The van der Waals surface area contributed by atoms with E-state index in [1.165, 1.54) is 0 Å². The van der Waals surface area contributed by atoms with Gasteiger partial charge in [0.15, 0.2) is 0 Å². The van der Waals surface area contributed by atoms with Crippen LogP contribution >= 0.6 is 0 Å². The van der Waals surface area contributed by atoms with E-state index in [1.807, 2.05) is 24.3 Å². The van der Waals surface area contributed by atoms with Crippen LogP contribution in [0.1, 0.15) is 11.1 Å². The molecule has 3 rings (SSSR count). The van der Waals surface area contributed by atoms with Gasteiger partial charge in [0.2, 0.25) is 10.0 Å². The Bertz CT molecular complexity index is 685. The first kappa shape index (κ1) is 13.3. The first-order valence-corrected chi connectivity index (χ1v) is 7.65. The van der Waals surface area contributed by atoms with Crippen LogP contribution in [0.2, 0.25) is 0 Å². The van der Waals surface area contributed by atoms with Crippen molar-refractivity contribution in [3.8, 4) is 0 Å². The lowest BCUT2D eigenvalue weighted by Gasteiger charge is -2.22. The number of fused-ring (bicyclic) bond motifs is 1. The van der Waals surface area contributed by atoms with Gasteiger partial charge in [-0.1, -0.05) is 29.4 Å². The van der Waals surface area contributed by atoms with E-state index in [4.69, 9.17) is 0 Å². The highest BCUT2D eigenvalue weighted by Gasteiger charge is 2.36. The summed E-state index contributed by atoms with van der Waals surface area (Å²) >= 11 is 0. The van der Waals surface area contributed by atoms with Gasteiger partial charge in [-0.05, 0) is 11.1 Å². The van der Waals surface area contributed by atoms with Crippen LogP contribution in [0.15, 0.2) is 46.1 Å². The van der Waals surface area contributed by atoms with Crippen LogP contribution in [0.25, 0.3) is 0 Å². The molecule has 1 heterocycles. The summed E-state index contributed by atoms with van der Waals surface area (Å²) < 4.78 is 30.8. The smallest absolute Gasteiger partial charge is 0.245 e. The predicted octanol–water partition coefficient (Wildman–Crippen LogP) is 0.483. The Morgan fingerprint density at radius 3 is 2.50 bits per heavy atom. The lowest BCUT2D eigenvalue weighted by molar-refractivity contribution is 0.0567. The molecule has 0 fully saturated rings. The van der Waals surface area contributed by atoms with Crippen molar-refractivity contribution in [2.24, 2.45) is 0 Å². The first-order valence-electron chi connectivity index (χ1n) is 6.17. The Morgan fingerprint density at radius 2 is 1.95 bits per heavy atom. The monoisotopic (exact) mass is 294 g/mol. The van der Waals surface area contributed by atoms with Crippen molar-refractivity contribution in [2.75, 3.05) is 6.54 Å². The highest BCUT2D eigenvalue weighted by atomic mass is 32.2. The van der Waals surface area contributed by atoms with E-state index in [9.17, 15) is 13.5 Å². The van der Waals surface area contributed by atoms with Crippen molar-refractivity contribution in [1.82, 2.24) is 9.88 Å². The van der Waals surface area contributed by atoms with Crippen LogP contribution in [-0.2, 0) is 22.9 Å². The van der Waals surface area contributed by atoms with E-state index in [0.717, 1.165) is 23.6 Å². The molecule has 1 aliphatic rings. The number of hydrogen-bond donors (Lipinski definition) is 2. The van der Waals surface area contributed by atoms with Gasteiger partial charge >= 0.3 is 0 Å². The lowest BCUT2D eigenvalue weighted by atomic mass is 10.0. The van der Waals surface area contributed by atoms with Gasteiger partial charge in [-0.3, -0.25) is 0 Å². The number of hydrogen-bond acceptors (Lipinski definition) is 5. The van der Waals surface area contributed by atoms with E-state index in [-0.39, 0.29) is 11.4 Å². The van der Waals surface area contributed by atoms with E-state index in [2.05, 4.69) is 14.4 Å². The molecule has 20 heavy (non-hydrogen) atoms. The fourth-order valence-electron chi connectivity index (χ4n) is 2.44. The van der Waals surface area contributed by atoms with Crippen LogP contribution in [0.5, 0.6) is 0 Å². The fourth-order valence-corrected chi connectivity index (χ4v) is 3.42. The number of rotatable bonds is 4. The van der Waals surface area contributed by atoms with E-state index in [1.54, 1.807) is 0 Å². The second-order valence-electron chi connectivity index (χ2n) is 5.03. The van der Waals surface area contributed by atoms with Gasteiger partial charge in [-0.25, -0.2) is 13.1 Å². The molecular weight excluding hydrogens is 280 g/mol. The molecule has 0 spiro atoms. The normalized spacial score (nSPS) is 17.1. The number of aliphatic hydroxyl groups is 1. The molecule has 106 valence electrons. The summed E-state index contributed by atoms with van der Waals surface area (Å²) in [7, 11) is -3.70. The zero-order chi connectivity index (χ0) is 14.2. The maximum absolute atomic E-state index is 11.9. The average Bonchev–Trinajstić information content (AvgIpc) is 3.03. The number of nitrogens with zero attached hydrogens (tertiary/aromatic N) is 1. The van der Waals surface area contributed by atoms with Crippen molar-refractivity contribution in [2.45, 2.75) is 23.3 Å². The summed E-state index contributed by atoms with van der Waals surface area (Å²) in [5.74, 6) is 0. The minimum absolute atomic E-state index is 0.0448. The highest BCUT2D eigenvalue weighted by Crippen LogP contribution is 2.29. The molecule has 7 heteroatoms. The van der Waals surface area contributed by atoms with Crippen LogP contribution < -0.4 is 4.72 Å².